The summed E-state index contributed by atoms with van der Waals surface area (Å²) in [6.45, 7) is -0.0954. The zero-order valence-electron chi connectivity index (χ0n) is 15.2. The first-order chi connectivity index (χ1) is 13.4. The lowest BCUT2D eigenvalue weighted by Crippen LogP contribution is -2.35. The summed E-state index contributed by atoms with van der Waals surface area (Å²) in [5.41, 5.74) is 2.24. The van der Waals surface area contributed by atoms with Crippen LogP contribution in [-0.2, 0) is 16.0 Å². The van der Waals surface area contributed by atoms with Gasteiger partial charge in [0.1, 0.15) is 0 Å². The lowest BCUT2D eigenvalue weighted by atomic mass is 10.1. The molecular weight excluding hydrogens is 397 g/mol. The predicted octanol–water partition coefficient (Wildman–Crippen LogP) is 4.42. The molecule has 0 atom stereocenters. The minimum atomic E-state index is -0.367. The maximum Gasteiger partial charge on any atom is 0.244 e. The summed E-state index contributed by atoms with van der Waals surface area (Å²) < 4.78 is 1.99. The molecule has 0 fully saturated rings. The van der Waals surface area contributed by atoms with Crippen LogP contribution in [0.2, 0.25) is 10.0 Å². The van der Waals surface area contributed by atoms with Crippen LogP contribution < -0.4 is 5.32 Å². The number of para-hydroxylation sites is 1. The van der Waals surface area contributed by atoms with E-state index < -0.39 is 0 Å². The second-order valence-corrected chi connectivity index (χ2v) is 7.14. The van der Waals surface area contributed by atoms with Gasteiger partial charge in [0, 0.05) is 25.1 Å². The minimum Gasteiger partial charge on any atom is -0.336 e. The van der Waals surface area contributed by atoms with Crippen molar-refractivity contribution in [3.8, 4) is 5.69 Å². The maximum atomic E-state index is 12.4. The van der Waals surface area contributed by atoms with Crippen molar-refractivity contribution in [2.45, 2.75) is 6.42 Å². The number of anilines is 1. The number of nitrogens with one attached hydrogen (secondary N) is 1. The third-order valence-corrected chi connectivity index (χ3v) is 4.86. The van der Waals surface area contributed by atoms with Crippen molar-refractivity contribution in [1.29, 1.82) is 0 Å². The standard InChI is InChI=1S/C21H19Cl2N3O2/c1-25(14-19(27)24-21-17(22)5-4-6-18(21)23)20(28)13-15-7-9-16(10-8-15)26-11-2-3-12-26/h2-12H,13-14H2,1H3,(H,24,27). The van der Waals surface area contributed by atoms with Crippen molar-refractivity contribution >= 4 is 40.7 Å². The molecule has 0 aliphatic heterocycles. The molecule has 0 unspecified atom stereocenters. The average molecular weight is 416 g/mol. The van der Waals surface area contributed by atoms with E-state index in [-0.39, 0.29) is 24.8 Å². The van der Waals surface area contributed by atoms with E-state index in [1.54, 1.807) is 25.2 Å². The molecule has 5 nitrogen and oxygen atoms in total. The van der Waals surface area contributed by atoms with Gasteiger partial charge in [0.15, 0.2) is 0 Å². The summed E-state index contributed by atoms with van der Waals surface area (Å²) in [5.74, 6) is -0.525. The van der Waals surface area contributed by atoms with Gasteiger partial charge in [0.2, 0.25) is 11.8 Å². The molecule has 0 saturated carbocycles. The summed E-state index contributed by atoms with van der Waals surface area (Å²) in [6.07, 6.45) is 4.12. The Morgan fingerprint density at radius 3 is 2.18 bits per heavy atom. The fourth-order valence-electron chi connectivity index (χ4n) is 2.70. The quantitative estimate of drug-likeness (QED) is 0.647. The van der Waals surface area contributed by atoms with Crippen molar-refractivity contribution in [3.05, 3.63) is 82.6 Å². The predicted molar refractivity (Wildman–Crippen MR) is 112 cm³/mol. The van der Waals surface area contributed by atoms with E-state index in [9.17, 15) is 9.59 Å². The third kappa shape index (κ3) is 4.94. The van der Waals surface area contributed by atoms with Crippen LogP contribution in [0.15, 0.2) is 67.0 Å². The molecule has 1 N–H and O–H groups in total. The molecular formula is C21H19Cl2N3O2. The number of carbonyl (C=O) groups excluding carboxylic acids is 2. The lowest BCUT2D eigenvalue weighted by Gasteiger charge is -2.17. The third-order valence-electron chi connectivity index (χ3n) is 4.23. The lowest BCUT2D eigenvalue weighted by molar-refractivity contribution is -0.132. The van der Waals surface area contributed by atoms with E-state index in [4.69, 9.17) is 23.2 Å². The Bertz CT molecular complexity index is 950. The van der Waals surface area contributed by atoms with Gasteiger partial charge in [-0.15, -0.1) is 0 Å². The maximum absolute atomic E-state index is 12.4. The first-order valence-corrected chi connectivity index (χ1v) is 9.40. The van der Waals surface area contributed by atoms with Gasteiger partial charge in [0.25, 0.3) is 0 Å². The van der Waals surface area contributed by atoms with Crippen LogP contribution in [0.25, 0.3) is 5.69 Å². The Balaban J connectivity index is 1.56. The molecule has 0 aliphatic rings. The Morgan fingerprint density at radius 2 is 1.57 bits per heavy atom. The van der Waals surface area contributed by atoms with E-state index in [1.165, 1.54) is 4.90 Å². The molecule has 2 amide bonds. The van der Waals surface area contributed by atoms with Gasteiger partial charge in [-0.05, 0) is 42.0 Å². The van der Waals surface area contributed by atoms with Crippen LogP contribution >= 0.6 is 23.2 Å². The van der Waals surface area contributed by atoms with Crippen LogP contribution in [0, 0.1) is 0 Å². The highest BCUT2D eigenvalue weighted by Crippen LogP contribution is 2.29. The van der Waals surface area contributed by atoms with E-state index in [0.29, 0.717) is 15.7 Å². The highest BCUT2D eigenvalue weighted by atomic mass is 35.5. The fraction of sp³-hybridized carbons (Fsp3) is 0.143. The van der Waals surface area contributed by atoms with Gasteiger partial charge in [-0.2, -0.15) is 0 Å². The Labute approximate surface area is 173 Å². The number of nitrogens with zero attached hydrogens (tertiary/aromatic N) is 2. The topological polar surface area (TPSA) is 54.3 Å². The number of halogens is 2. The highest BCUT2D eigenvalue weighted by Gasteiger charge is 2.15. The summed E-state index contributed by atoms with van der Waals surface area (Å²) >= 11 is 12.1. The molecule has 28 heavy (non-hydrogen) atoms. The number of carbonyl (C=O) groups is 2. The van der Waals surface area contributed by atoms with Crippen molar-refractivity contribution in [3.63, 3.8) is 0 Å². The Morgan fingerprint density at radius 1 is 0.964 bits per heavy atom. The summed E-state index contributed by atoms with van der Waals surface area (Å²) in [6, 6.07) is 16.6. The first kappa shape index (κ1) is 20.0. The van der Waals surface area contributed by atoms with Gasteiger partial charge in [-0.1, -0.05) is 41.4 Å². The van der Waals surface area contributed by atoms with Crippen molar-refractivity contribution in [1.82, 2.24) is 9.47 Å². The van der Waals surface area contributed by atoms with Gasteiger partial charge < -0.3 is 14.8 Å². The Kier molecular flexibility index (Phi) is 6.39. The fourth-order valence-corrected chi connectivity index (χ4v) is 3.19. The number of rotatable bonds is 6. The van der Waals surface area contributed by atoms with Crippen molar-refractivity contribution in [2.24, 2.45) is 0 Å². The molecule has 0 radical (unpaired) electrons. The normalized spacial score (nSPS) is 10.5. The minimum absolute atomic E-state index is 0.0954. The van der Waals surface area contributed by atoms with Crippen molar-refractivity contribution < 1.29 is 9.59 Å². The van der Waals surface area contributed by atoms with Crippen LogP contribution in [0.5, 0.6) is 0 Å². The van der Waals surface area contributed by atoms with Crippen molar-refractivity contribution in [2.75, 3.05) is 18.9 Å². The van der Waals surface area contributed by atoms with Crippen LogP contribution in [0.3, 0.4) is 0 Å². The summed E-state index contributed by atoms with van der Waals surface area (Å²) in [7, 11) is 1.59. The van der Waals surface area contributed by atoms with E-state index in [1.807, 2.05) is 53.4 Å². The molecule has 1 heterocycles. The zero-order chi connectivity index (χ0) is 20.1. The number of amides is 2. The second kappa shape index (κ2) is 8.95. The largest absolute Gasteiger partial charge is 0.336 e. The average Bonchev–Trinajstić information content (AvgIpc) is 3.20. The molecule has 3 rings (SSSR count). The SMILES string of the molecule is CN(CC(=O)Nc1c(Cl)cccc1Cl)C(=O)Cc1ccc(-n2cccc2)cc1. The summed E-state index contributed by atoms with van der Waals surface area (Å²) in [4.78, 5) is 26.0. The van der Waals surface area contributed by atoms with Gasteiger partial charge in [0.05, 0.1) is 28.7 Å². The van der Waals surface area contributed by atoms with Gasteiger partial charge in [-0.25, -0.2) is 0 Å². The smallest absolute Gasteiger partial charge is 0.244 e. The van der Waals surface area contributed by atoms with E-state index >= 15 is 0 Å². The van der Waals surface area contributed by atoms with E-state index in [0.717, 1.165) is 11.3 Å². The zero-order valence-corrected chi connectivity index (χ0v) is 16.7. The number of aromatic nitrogens is 1. The van der Waals surface area contributed by atoms with Crippen LogP contribution in [-0.4, -0.2) is 34.9 Å². The molecule has 144 valence electrons. The van der Waals surface area contributed by atoms with Gasteiger partial charge >= 0.3 is 0 Å². The number of hydrogen-bond acceptors (Lipinski definition) is 2. The first-order valence-electron chi connectivity index (χ1n) is 8.64. The number of hydrogen-bond donors (Lipinski definition) is 1. The molecule has 0 saturated heterocycles. The highest BCUT2D eigenvalue weighted by molar-refractivity contribution is 6.39. The monoisotopic (exact) mass is 415 g/mol. The number of likely N-dealkylation sites (N-methyl/N-ethyl adjacent to an activating group) is 1. The molecule has 0 aliphatic carbocycles. The van der Waals surface area contributed by atoms with Crippen LogP contribution in [0.4, 0.5) is 5.69 Å². The molecule has 3 aromatic rings. The molecule has 1 aromatic heterocycles. The molecule has 7 heteroatoms. The Hall–Kier alpha value is -2.76. The molecule has 0 spiro atoms. The van der Waals surface area contributed by atoms with Gasteiger partial charge in [-0.3, -0.25) is 9.59 Å². The van der Waals surface area contributed by atoms with E-state index in [2.05, 4.69) is 5.32 Å². The second-order valence-electron chi connectivity index (χ2n) is 6.33. The molecule has 2 aromatic carbocycles. The molecule has 0 bridgehead atoms. The number of benzene rings is 2. The van der Waals surface area contributed by atoms with Crippen LogP contribution in [0.1, 0.15) is 5.56 Å². The summed E-state index contributed by atoms with van der Waals surface area (Å²) in [5, 5.41) is 3.34.